The number of ether oxygens (including phenoxy) is 1. The lowest BCUT2D eigenvalue weighted by Gasteiger charge is -2.10. The van der Waals surface area contributed by atoms with Crippen LogP contribution in [0.15, 0.2) is 41.0 Å². The Morgan fingerprint density at radius 1 is 1.24 bits per heavy atom. The summed E-state index contributed by atoms with van der Waals surface area (Å²) in [5.41, 5.74) is 1.54. The normalized spacial score (nSPS) is 11.3. The second-order valence-electron chi connectivity index (χ2n) is 4.04. The van der Waals surface area contributed by atoms with Crippen LogP contribution in [0.1, 0.15) is 5.56 Å². The summed E-state index contributed by atoms with van der Waals surface area (Å²) in [6.07, 6.45) is -3.12. The minimum Gasteiger partial charge on any atom is -0.406 e. The van der Waals surface area contributed by atoms with Crippen LogP contribution in [0.25, 0.3) is 0 Å². The van der Waals surface area contributed by atoms with E-state index in [0.717, 1.165) is 11.3 Å². The number of nitrogens with one attached hydrogen (secondary N) is 1. The second kappa shape index (κ2) is 6.53. The number of anilines is 1. The lowest BCUT2D eigenvalue weighted by Crippen LogP contribution is -2.17. The summed E-state index contributed by atoms with van der Waals surface area (Å²) in [7, 11) is 0. The first-order valence-electron chi connectivity index (χ1n) is 5.73. The van der Waals surface area contributed by atoms with Crippen molar-refractivity contribution in [3.8, 4) is 5.75 Å². The van der Waals surface area contributed by atoms with Crippen LogP contribution >= 0.6 is 27.5 Å². The molecule has 0 bridgehead atoms. The average molecular weight is 382 g/mol. The maximum Gasteiger partial charge on any atom is 0.573 e. The molecule has 112 valence electrons. The second-order valence-corrected chi connectivity index (χ2v) is 5.25. The fraction of sp³-hybridized carbons (Fsp3) is 0.154. The summed E-state index contributed by atoms with van der Waals surface area (Å²) in [4.78, 5) is 3.96. The number of halogens is 5. The molecule has 2 aromatic rings. The van der Waals surface area contributed by atoms with Gasteiger partial charge in [-0.1, -0.05) is 23.7 Å². The van der Waals surface area contributed by atoms with E-state index in [4.69, 9.17) is 11.6 Å². The van der Waals surface area contributed by atoms with Gasteiger partial charge in [-0.3, -0.25) is 0 Å². The van der Waals surface area contributed by atoms with E-state index in [-0.39, 0.29) is 5.75 Å². The van der Waals surface area contributed by atoms with Crippen molar-refractivity contribution in [2.45, 2.75) is 12.9 Å². The van der Waals surface area contributed by atoms with Crippen LogP contribution in [0.2, 0.25) is 5.15 Å². The number of nitrogens with zero attached hydrogens (tertiary/aromatic N) is 1. The minimum absolute atomic E-state index is 0.248. The first kappa shape index (κ1) is 15.9. The zero-order chi connectivity index (χ0) is 15.5. The largest absolute Gasteiger partial charge is 0.573 e. The van der Waals surface area contributed by atoms with Crippen molar-refractivity contribution in [2.75, 3.05) is 5.32 Å². The Bertz CT molecular complexity index is 620. The smallest absolute Gasteiger partial charge is 0.406 e. The molecule has 0 aliphatic heterocycles. The van der Waals surface area contributed by atoms with Crippen LogP contribution in [0, 0.1) is 0 Å². The highest BCUT2D eigenvalue weighted by Crippen LogP contribution is 2.24. The van der Waals surface area contributed by atoms with Crippen molar-refractivity contribution in [1.29, 1.82) is 0 Å². The van der Waals surface area contributed by atoms with Gasteiger partial charge in [0.25, 0.3) is 0 Å². The van der Waals surface area contributed by atoms with E-state index >= 15 is 0 Å². The predicted octanol–water partition coefficient (Wildman–Crippen LogP) is 5.01. The highest BCUT2D eigenvalue weighted by Gasteiger charge is 2.30. The van der Waals surface area contributed by atoms with Crippen molar-refractivity contribution in [3.63, 3.8) is 0 Å². The van der Waals surface area contributed by atoms with Crippen molar-refractivity contribution in [1.82, 2.24) is 4.98 Å². The summed E-state index contributed by atoms with van der Waals surface area (Å²) in [5.74, 6) is -0.248. The number of hydrogen-bond acceptors (Lipinski definition) is 3. The molecule has 3 nitrogen and oxygen atoms in total. The Hall–Kier alpha value is -1.47. The molecule has 1 heterocycles. The van der Waals surface area contributed by atoms with E-state index in [9.17, 15) is 13.2 Å². The van der Waals surface area contributed by atoms with Gasteiger partial charge in [0.1, 0.15) is 10.9 Å². The third-order valence-electron chi connectivity index (χ3n) is 2.45. The fourth-order valence-electron chi connectivity index (χ4n) is 1.53. The van der Waals surface area contributed by atoms with Gasteiger partial charge in [-0.25, -0.2) is 4.98 Å². The Morgan fingerprint density at radius 3 is 2.48 bits per heavy atom. The fourth-order valence-corrected chi connectivity index (χ4v) is 1.98. The van der Waals surface area contributed by atoms with Gasteiger partial charge in [0.15, 0.2) is 0 Å². The first-order chi connectivity index (χ1) is 9.83. The molecule has 1 aromatic carbocycles. The highest BCUT2D eigenvalue weighted by atomic mass is 79.9. The average Bonchev–Trinajstić information content (AvgIpc) is 2.40. The van der Waals surface area contributed by atoms with Crippen LogP contribution < -0.4 is 10.1 Å². The van der Waals surface area contributed by atoms with Crippen molar-refractivity contribution in [2.24, 2.45) is 0 Å². The van der Waals surface area contributed by atoms with Gasteiger partial charge in [-0.2, -0.15) is 0 Å². The quantitative estimate of drug-likeness (QED) is 0.756. The van der Waals surface area contributed by atoms with E-state index < -0.39 is 6.36 Å². The zero-order valence-corrected chi connectivity index (χ0v) is 12.8. The van der Waals surface area contributed by atoms with E-state index in [1.807, 2.05) is 0 Å². The Balaban J connectivity index is 1.96. The van der Waals surface area contributed by atoms with Gasteiger partial charge in [0.05, 0.1) is 16.4 Å². The van der Waals surface area contributed by atoms with Crippen LogP contribution in [0.3, 0.4) is 0 Å². The molecule has 0 radical (unpaired) electrons. The van der Waals surface area contributed by atoms with Crippen LogP contribution in [-0.4, -0.2) is 11.3 Å². The summed E-state index contributed by atoms with van der Waals surface area (Å²) >= 11 is 9.03. The number of aromatic nitrogens is 1. The summed E-state index contributed by atoms with van der Waals surface area (Å²) in [6.45, 7) is 0.433. The van der Waals surface area contributed by atoms with Gasteiger partial charge in [0, 0.05) is 6.54 Å². The Morgan fingerprint density at radius 2 is 1.90 bits per heavy atom. The third-order valence-corrected chi connectivity index (χ3v) is 3.58. The molecule has 8 heteroatoms. The van der Waals surface area contributed by atoms with E-state index in [1.54, 1.807) is 24.4 Å². The molecule has 0 aliphatic rings. The minimum atomic E-state index is -4.68. The predicted molar refractivity (Wildman–Crippen MR) is 77.4 cm³/mol. The molecule has 0 atom stereocenters. The molecule has 0 spiro atoms. The topological polar surface area (TPSA) is 34.1 Å². The van der Waals surface area contributed by atoms with Crippen molar-refractivity contribution >= 4 is 33.2 Å². The van der Waals surface area contributed by atoms with Gasteiger partial charge in [-0.15, -0.1) is 13.2 Å². The molecule has 21 heavy (non-hydrogen) atoms. The molecule has 0 unspecified atom stereocenters. The molecule has 0 amide bonds. The summed E-state index contributed by atoms with van der Waals surface area (Å²) in [6, 6.07) is 7.39. The number of rotatable bonds is 4. The van der Waals surface area contributed by atoms with Gasteiger partial charge < -0.3 is 10.1 Å². The van der Waals surface area contributed by atoms with Crippen molar-refractivity contribution in [3.05, 3.63) is 51.7 Å². The molecule has 0 saturated heterocycles. The maximum atomic E-state index is 12.0. The SMILES string of the molecule is FC(F)(F)Oc1ccc(CNc2cnc(Cl)c(Br)c2)cc1. The maximum absolute atomic E-state index is 12.0. The van der Waals surface area contributed by atoms with E-state index in [0.29, 0.717) is 16.2 Å². The molecule has 0 fully saturated rings. The number of pyridine rings is 1. The standard InChI is InChI=1S/C13H9BrClF3N2O/c14-11-5-9(7-20-12(11)15)19-6-8-1-3-10(4-2-8)21-13(16,17)18/h1-5,7,19H,6H2. The summed E-state index contributed by atoms with van der Waals surface area (Å²) in [5, 5.41) is 3.44. The lowest BCUT2D eigenvalue weighted by atomic mass is 10.2. The van der Waals surface area contributed by atoms with Gasteiger partial charge in [0.2, 0.25) is 0 Å². The molecule has 1 N–H and O–H groups in total. The number of hydrogen-bond donors (Lipinski definition) is 1. The zero-order valence-electron chi connectivity index (χ0n) is 10.4. The van der Waals surface area contributed by atoms with Crippen LogP contribution in [0.4, 0.5) is 18.9 Å². The molecule has 1 aromatic heterocycles. The molecular formula is C13H9BrClF3N2O. The third kappa shape index (κ3) is 5.09. The van der Waals surface area contributed by atoms with E-state index in [1.165, 1.54) is 12.1 Å². The number of alkyl halides is 3. The molecule has 2 rings (SSSR count). The monoisotopic (exact) mass is 380 g/mol. The van der Waals surface area contributed by atoms with Crippen molar-refractivity contribution < 1.29 is 17.9 Å². The first-order valence-corrected chi connectivity index (χ1v) is 6.90. The van der Waals surface area contributed by atoms with E-state index in [2.05, 4.69) is 31.0 Å². The lowest BCUT2D eigenvalue weighted by molar-refractivity contribution is -0.274. The molecule has 0 aliphatic carbocycles. The van der Waals surface area contributed by atoms with Gasteiger partial charge in [-0.05, 0) is 39.7 Å². The summed E-state index contributed by atoms with van der Waals surface area (Å²) < 4.78 is 40.5. The molecular weight excluding hydrogens is 373 g/mol. The van der Waals surface area contributed by atoms with Crippen LogP contribution in [0.5, 0.6) is 5.75 Å². The van der Waals surface area contributed by atoms with Crippen LogP contribution in [-0.2, 0) is 6.54 Å². The molecule has 0 saturated carbocycles. The Labute approximate surface area is 132 Å². The van der Waals surface area contributed by atoms with Gasteiger partial charge >= 0.3 is 6.36 Å². The highest BCUT2D eigenvalue weighted by molar-refractivity contribution is 9.10. The number of benzene rings is 1. The Kier molecular flexibility index (Phi) is 4.95.